The smallest absolute Gasteiger partial charge is 0.224 e. The summed E-state index contributed by atoms with van der Waals surface area (Å²) in [6.45, 7) is 0. The van der Waals surface area contributed by atoms with Crippen LogP contribution in [0.5, 0.6) is 0 Å². The van der Waals surface area contributed by atoms with Crippen molar-refractivity contribution in [1.82, 2.24) is 0 Å². The van der Waals surface area contributed by atoms with E-state index in [1.807, 2.05) is 0 Å². The molecule has 0 atom stereocenters. The third-order valence-electron chi connectivity index (χ3n) is 1.67. The van der Waals surface area contributed by atoms with Gasteiger partial charge in [0.2, 0.25) is 0 Å². The molecule has 1 aromatic carbocycles. The van der Waals surface area contributed by atoms with Gasteiger partial charge in [0, 0.05) is 9.83 Å². The maximum Gasteiger partial charge on any atom is 0.417 e. The molecule has 0 aliphatic rings. The first-order chi connectivity index (χ1) is 6.64. The van der Waals surface area contributed by atoms with E-state index in [4.69, 9.17) is 0 Å². The van der Waals surface area contributed by atoms with Crippen molar-refractivity contribution in [1.29, 1.82) is 0 Å². The summed E-state index contributed by atoms with van der Waals surface area (Å²) in [5, 5.41) is 0. The van der Waals surface area contributed by atoms with Gasteiger partial charge in [0.05, 0.1) is 10.5 Å². The SMILES string of the molecule is CS(=O)(=O)c1cccc(C(F)(F)F)c1I. The summed E-state index contributed by atoms with van der Waals surface area (Å²) in [6.07, 6.45) is -3.65. The highest BCUT2D eigenvalue weighted by atomic mass is 127. The average molecular weight is 350 g/mol. The van der Waals surface area contributed by atoms with Gasteiger partial charge in [-0.25, -0.2) is 8.42 Å². The lowest BCUT2D eigenvalue weighted by Gasteiger charge is -2.11. The number of hydrogen-bond acceptors (Lipinski definition) is 2. The minimum absolute atomic E-state index is 0.287. The minimum Gasteiger partial charge on any atom is -0.224 e. The molecule has 0 saturated heterocycles. The second-order valence-corrected chi connectivity index (χ2v) is 5.95. The third kappa shape index (κ3) is 2.83. The molecular formula is C8H6F3IO2S. The van der Waals surface area contributed by atoms with Gasteiger partial charge in [0.15, 0.2) is 9.84 Å². The van der Waals surface area contributed by atoms with Crippen LogP contribution in [0.2, 0.25) is 0 Å². The fraction of sp³-hybridized carbons (Fsp3) is 0.250. The maximum atomic E-state index is 12.4. The van der Waals surface area contributed by atoms with Crippen LogP contribution in [0.15, 0.2) is 23.1 Å². The quantitative estimate of drug-likeness (QED) is 0.730. The van der Waals surface area contributed by atoms with Crippen molar-refractivity contribution in [3.05, 3.63) is 27.3 Å². The van der Waals surface area contributed by atoms with E-state index in [2.05, 4.69) is 0 Å². The van der Waals surface area contributed by atoms with Crippen LogP contribution in [0.4, 0.5) is 13.2 Å². The first-order valence-electron chi connectivity index (χ1n) is 3.70. The number of alkyl halides is 3. The molecule has 84 valence electrons. The molecular weight excluding hydrogens is 344 g/mol. The number of halogens is 4. The lowest BCUT2D eigenvalue weighted by Crippen LogP contribution is -2.11. The highest BCUT2D eigenvalue weighted by molar-refractivity contribution is 14.1. The number of rotatable bonds is 1. The molecule has 0 saturated carbocycles. The first-order valence-corrected chi connectivity index (χ1v) is 6.67. The van der Waals surface area contributed by atoms with Crippen LogP contribution in [0.1, 0.15) is 5.56 Å². The molecule has 2 nitrogen and oxygen atoms in total. The molecule has 7 heteroatoms. The first kappa shape index (κ1) is 12.8. The van der Waals surface area contributed by atoms with Crippen molar-refractivity contribution in [2.24, 2.45) is 0 Å². The Kier molecular flexibility index (Phi) is 3.34. The molecule has 0 fully saturated rings. The van der Waals surface area contributed by atoms with Gasteiger partial charge in [-0.05, 0) is 34.7 Å². The predicted octanol–water partition coefficient (Wildman–Crippen LogP) is 2.71. The molecule has 0 heterocycles. The van der Waals surface area contributed by atoms with Crippen molar-refractivity contribution in [3.8, 4) is 0 Å². The Morgan fingerprint density at radius 1 is 1.27 bits per heavy atom. The van der Waals surface area contributed by atoms with E-state index in [1.54, 1.807) is 0 Å². The molecule has 1 aromatic rings. The fourth-order valence-electron chi connectivity index (χ4n) is 1.02. The Morgan fingerprint density at radius 2 is 1.80 bits per heavy atom. The van der Waals surface area contributed by atoms with Gasteiger partial charge in [-0.1, -0.05) is 6.07 Å². The van der Waals surface area contributed by atoms with Crippen LogP contribution in [0, 0.1) is 3.57 Å². The summed E-state index contributed by atoms with van der Waals surface area (Å²) in [7, 11) is -3.62. The van der Waals surface area contributed by atoms with E-state index in [-0.39, 0.29) is 8.47 Å². The topological polar surface area (TPSA) is 34.1 Å². The molecule has 0 amide bonds. The number of benzene rings is 1. The van der Waals surface area contributed by atoms with Crippen LogP contribution >= 0.6 is 22.6 Å². The monoisotopic (exact) mass is 350 g/mol. The predicted molar refractivity (Wildman–Crippen MR) is 57.3 cm³/mol. The van der Waals surface area contributed by atoms with E-state index < -0.39 is 21.6 Å². The van der Waals surface area contributed by atoms with Crippen LogP contribution in [0.3, 0.4) is 0 Å². The molecule has 0 aliphatic carbocycles. The second kappa shape index (κ2) is 3.93. The lowest BCUT2D eigenvalue weighted by molar-refractivity contribution is -0.138. The van der Waals surface area contributed by atoms with Crippen molar-refractivity contribution in [2.45, 2.75) is 11.1 Å². The molecule has 0 unspecified atom stereocenters. The van der Waals surface area contributed by atoms with Gasteiger partial charge in [-0.3, -0.25) is 0 Å². The summed E-state index contributed by atoms with van der Waals surface area (Å²) < 4.78 is 59.3. The normalized spacial score (nSPS) is 12.9. The summed E-state index contributed by atoms with van der Waals surface area (Å²) in [5.74, 6) is 0. The zero-order chi connectivity index (χ0) is 11.9. The van der Waals surface area contributed by atoms with Crippen LogP contribution < -0.4 is 0 Å². The Morgan fingerprint density at radius 3 is 2.20 bits per heavy atom. The molecule has 0 spiro atoms. The van der Waals surface area contributed by atoms with Gasteiger partial charge in [-0.15, -0.1) is 0 Å². The van der Waals surface area contributed by atoms with Crippen molar-refractivity contribution in [3.63, 3.8) is 0 Å². The zero-order valence-corrected chi connectivity index (χ0v) is 10.4. The second-order valence-electron chi connectivity index (χ2n) is 2.89. The van der Waals surface area contributed by atoms with Crippen molar-refractivity contribution in [2.75, 3.05) is 6.26 Å². The van der Waals surface area contributed by atoms with Gasteiger partial charge < -0.3 is 0 Å². The lowest BCUT2D eigenvalue weighted by atomic mass is 10.2. The maximum absolute atomic E-state index is 12.4. The Labute approximate surface area is 98.5 Å². The number of hydrogen-bond donors (Lipinski definition) is 0. The van der Waals surface area contributed by atoms with Crippen LogP contribution in [-0.2, 0) is 16.0 Å². The van der Waals surface area contributed by atoms with Crippen molar-refractivity contribution < 1.29 is 21.6 Å². The summed E-state index contributed by atoms with van der Waals surface area (Å²) in [6, 6.07) is 3.10. The molecule has 0 aromatic heterocycles. The third-order valence-corrected chi connectivity index (χ3v) is 4.34. The van der Waals surface area contributed by atoms with E-state index >= 15 is 0 Å². The molecule has 0 aliphatic heterocycles. The van der Waals surface area contributed by atoms with Gasteiger partial charge in [0.25, 0.3) is 0 Å². The average Bonchev–Trinajstić information content (AvgIpc) is 1.99. The van der Waals surface area contributed by atoms with Gasteiger partial charge >= 0.3 is 6.18 Å². The van der Waals surface area contributed by atoms with E-state index in [0.29, 0.717) is 0 Å². The van der Waals surface area contributed by atoms with E-state index in [1.165, 1.54) is 22.6 Å². The van der Waals surface area contributed by atoms with Crippen LogP contribution in [0.25, 0.3) is 0 Å². The molecule has 0 bridgehead atoms. The summed E-state index contributed by atoms with van der Waals surface area (Å²) in [5.41, 5.74) is -0.925. The fourth-order valence-corrected chi connectivity index (χ4v) is 3.64. The molecule has 0 N–H and O–H groups in total. The summed E-state index contributed by atoms with van der Waals surface area (Å²) >= 11 is 1.39. The Bertz CT molecular complexity index is 479. The number of sulfone groups is 1. The highest BCUT2D eigenvalue weighted by Gasteiger charge is 2.34. The largest absolute Gasteiger partial charge is 0.417 e. The van der Waals surface area contributed by atoms with E-state index in [0.717, 1.165) is 24.5 Å². The van der Waals surface area contributed by atoms with Gasteiger partial charge in [0.1, 0.15) is 0 Å². The Hall–Kier alpha value is -0.310. The zero-order valence-electron chi connectivity index (χ0n) is 7.47. The minimum atomic E-state index is -4.53. The van der Waals surface area contributed by atoms with Crippen molar-refractivity contribution >= 4 is 32.4 Å². The summed E-state index contributed by atoms with van der Waals surface area (Å²) in [4.78, 5) is -0.294. The Balaban J connectivity index is 3.51. The molecule has 1 rings (SSSR count). The van der Waals surface area contributed by atoms with Gasteiger partial charge in [-0.2, -0.15) is 13.2 Å². The van der Waals surface area contributed by atoms with E-state index in [9.17, 15) is 21.6 Å². The highest BCUT2D eigenvalue weighted by Crippen LogP contribution is 2.35. The molecule has 15 heavy (non-hydrogen) atoms. The molecule has 0 radical (unpaired) electrons. The van der Waals surface area contributed by atoms with Crippen LogP contribution in [-0.4, -0.2) is 14.7 Å². The standard InChI is InChI=1S/C8H6F3IO2S/c1-15(13,14)6-4-2-3-5(7(6)12)8(9,10)11/h2-4H,1H3.